The van der Waals surface area contributed by atoms with Gasteiger partial charge in [0.05, 0.1) is 43.8 Å². The fraction of sp³-hybridized carbons (Fsp3) is 0.385. The van der Waals surface area contributed by atoms with Crippen molar-refractivity contribution in [3.8, 4) is 16.9 Å². The standard InChI is InChI=1S/C26H26FN7O3/c1-15-14-36-9-8-32(15)24-11-18(19-12-29-34(25(19)30-24)23-6-7-28-31-23)16-2-4-21(20(27)10-16)33-13-17-3-5-22(37-17)26(33)35/h2,4,6-7,10-12,15,17,22H,3,5,8-9,13-14H2,1H3,(H,28,31)/t15-,17?,22?/m1/s1. The fourth-order valence-corrected chi connectivity index (χ4v) is 5.58. The summed E-state index contributed by atoms with van der Waals surface area (Å²) >= 11 is 0. The number of halogens is 1. The molecule has 0 saturated carbocycles. The molecular formula is C26H26FN7O3. The molecule has 2 bridgehead atoms. The molecule has 10 nitrogen and oxygen atoms in total. The van der Waals surface area contributed by atoms with Crippen molar-refractivity contribution in [2.75, 3.05) is 36.1 Å². The lowest BCUT2D eigenvalue weighted by Gasteiger charge is -2.34. The molecule has 2 unspecified atom stereocenters. The maximum absolute atomic E-state index is 15.6. The predicted octanol–water partition coefficient (Wildman–Crippen LogP) is 3.07. The first-order chi connectivity index (χ1) is 18.1. The lowest BCUT2D eigenvalue weighted by molar-refractivity contribution is -0.133. The number of aromatic nitrogens is 5. The molecule has 4 aromatic rings. The number of anilines is 2. The molecule has 1 aromatic carbocycles. The van der Waals surface area contributed by atoms with Crippen molar-refractivity contribution in [3.05, 3.63) is 48.5 Å². The Bertz CT molecular complexity index is 1490. The van der Waals surface area contributed by atoms with Crippen LogP contribution >= 0.6 is 0 Å². The molecule has 3 atom stereocenters. The number of amides is 1. The molecule has 1 N–H and O–H groups in total. The Balaban J connectivity index is 1.34. The first kappa shape index (κ1) is 22.4. The van der Waals surface area contributed by atoms with Gasteiger partial charge in [0.2, 0.25) is 0 Å². The van der Waals surface area contributed by atoms with E-state index in [1.165, 1.54) is 11.0 Å². The highest BCUT2D eigenvalue weighted by atomic mass is 19.1. The van der Waals surface area contributed by atoms with E-state index in [0.717, 1.165) is 23.2 Å². The Morgan fingerprint density at radius 1 is 1.16 bits per heavy atom. The number of fused-ring (bicyclic) bond motifs is 3. The van der Waals surface area contributed by atoms with E-state index in [9.17, 15) is 4.79 Å². The number of benzene rings is 1. The van der Waals surface area contributed by atoms with Gasteiger partial charge in [0.25, 0.3) is 5.91 Å². The quantitative estimate of drug-likeness (QED) is 0.457. The smallest absolute Gasteiger partial charge is 0.256 e. The SMILES string of the molecule is C[C@@H]1COCCN1c1cc(-c2ccc(N3CC4CCC(O4)C3=O)c(F)c2)c2cnn(-c3cc[nH]n3)c2n1. The molecule has 11 heteroatoms. The molecule has 37 heavy (non-hydrogen) atoms. The van der Waals surface area contributed by atoms with Gasteiger partial charge in [0.15, 0.2) is 11.5 Å². The number of morpholine rings is 2. The first-order valence-electron chi connectivity index (χ1n) is 12.6. The third-order valence-electron chi connectivity index (χ3n) is 7.48. The first-order valence-corrected chi connectivity index (χ1v) is 12.6. The number of aromatic amines is 1. The van der Waals surface area contributed by atoms with Gasteiger partial charge in [0, 0.05) is 24.2 Å². The topological polar surface area (TPSA) is 101 Å². The van der Waals surface area contributed by atoms with Crippen LogP contribution in [0.3, 0.4) is 0 Å². The van der Waals surface area contributed by atoms with Crippen LogP contribution in [-0.4, -0.2) is 75.4 Å². The van der Waals surface area contributed by atoms with E-state index in [2.05, 4.69) is 27.1 Å². The second-order valence-electron chi connectivity index (χ2n) is 9.81. The number of hydrogen-bond acceptors (Lipinski definition) is 7. The van der Waals surface area contributed by atoms with Crippen molar-refractivity contribution in [1.82, 2.24) is 25.0 Å². The van der Waals surface area contributed by atoms with Gasteiger partial charge in [-0.3, -0.25) is 9.89 Å². The summed E-state index contributed by atoms with van der Waals surface area (Å²) in [6.07, 6.45) is 4.47. The van der Waals surface area contributed by atoms with Crippen LogP contribution in [0.4, 0.5) is 15.9 Å². The van der Waals surface area contributed by atoms with Gasteiger partial charge in [-0.25, -0.2) is 9.37 Å². The Morgan fingerprint density at radius 3 is 2.89 bits per heavy atom. The zero-order valence-electron chi connectivity index (χ0n) is 20.3. The van der Waals surface area contributed by atoms with Crippen molar-refractivity contribution in [2.45, 2.75) is 38.0 Å². The van der Waals surface area contributed by atoms with Crippen LogP contribution in [0.25, 0.3) is 28.0 Å². The number of nitrogens with zero attached hydrogens (tertiary/aromatic N) is 6. The van der Waals surface area contributed by atoms with Crippen molar-refractivity contribution in [3.63, 3.8) is 0 Å². The van der Waals surface area contributed by atoms with E-state index in [-0.39, 0.29) is 23.7 Å². The van der Waals surface area contributed by atoms with Crippen LogP contribution in [0.5, 0.6) is 0 Å². The normalized spacial score (nSPS) is 23.8. The lowest BCUT2D eigenvalue weighted by Crippen LogP contribution is -2.48. The third-order valence-corrected chi connectivity index (χ3v) is 7.48. The number of H-pyrrole nitrogens is 1. The minimum Gasteiger partial charge on any atom is -0.377 e. The third kappa shape index (κ3) is 3.68. The summed E-state index contributed by atoms with van der Waals surface area (Å²) in [7, 11) is 0. The summed E-state index contributed by atoms with van der Waals surface area (Å²) in [5.41, 5.74) is 2.40. The number of carbonyl (C=O) groups is 1. The molecule has 190 valence electrons. The van der Waals surface area contributed by atoms with Crippen molar-refractivity contribution in [2.24, 2.45) is 0 Å². The van der Waals surface area contributed by atoms with Crippen molar-refractivity contribution < 1.29 is 18.7 Å². The maximum atomic E-state index is 15.6. The molecule has 0 spiro atoms. The summed E-state index contributed by atoms with van der Waals surface area (Å²) < 4.78 is 28.6. The molecule has 6 heterocycles. The summed E-state index contributed by atoms with van der Waals surface area (Å²) in [4.78, 5) is 21.5. The van der Waals surface area contributed by atoms with Gasteiger partial charge < -0.3 is 19.3 Å². The molecule has 0 aliphatic carbocycles. The van der Waals surface area contributed by atoms with Crippen molar-refractivity contribution >= 4 is 28.4 Å². The van der Waals surface area contributed by atoms with Crippen LogP contribution in [0.2, 0.25) is 0 Å². The van der Waals surface area contributed by atoms with E-state index >= 15 is 4.39 Å². The van der Waals surface area contributed by atoms with Gasteiger partial charge >= 0.3 is 0 Å². The average Bonchev–Trinajstić information content (AvgIpc) is 3.66. The van der Waals surface area contributed by atoms with Gasteiger partial charge in [-0.2, -0.15) is 14.9 Å². The molecular weight excluding hydrogens is 477 g/mol. The molecule has 7 rings (SSSR count). The second-order valence-corrected chi connectivity index (χ2v) is 9.81. The fourth-order valence-electron chi connectivity index (χ4n) is 5.58. The van der Waals surface area contributed by atoms with Gasteiger partial charge in [-0.15, -0.1) is 0 Å². The number of rotatable bonds is 4. The molecule has 3 saturated heterocycles. The predicted molar refractivity (Wildman–Crippen MR) is 134 cm³/mol. The van der Waals surface area contributed by atoms with E-state index < -0.39 is 11.9 Å². The van der Waals surface area contributed by atoms with E-state index in [1.807, 2.05) is 18.2 Å². The largest absolute Gasteiger partial charge is 0.377 e. The summed E-state index contributed by atoms with van der Waals surface area (Å²) in [5, 5.41) is 12.4. The van der Waals surface area contributed by atoms with Crippen LogP contribution in [0.15, 0.2) is 42.7 Å². The van der Waals surface area contributed by atoms with Gasteiger partial charge in [-0.1, -0.05) is 6.07 Å². The number of hydrogen-bond donors (Lipinski definition) is 1. The van der Waals surface area contributed by atoms with Crippen LogP contribution in [0, 0.1) is 5.82 Å². The van der Waals surface area contributed by atoms with Gasteiger partial charge in [0.1, 0.15) is 17.7 Å². The minimum atomic E-state index is -0.469. The zero-order valence-corrected chi connectivity index (χ0v) is 20.3. The Kier molecular flexibility index (Phi) is 5.22. The Hall–Kier alpha value is -3.83. The van der Waals surface area contributed by atoms with Crippen molar-refractivity contribution in [1.29, 1.82) is 0 Å². The molecule has 3 aliphatic rings. The Morgan fingerprint density at radius 2 is 2.08 bits per heavy atom. The van der Waals surface area contributed by atoms with E-state index in [1.54, 1.807) is 23.1 Å². The Labute approximate surface area is 212 Å². The molecule has 3 fully saturated rings. The average molecular weight is 504 g/mol. The summed E-state index contributed by atoms with van der Waals surface area (Å²) in [6.45, 7) is 4.38. The highest BCUT2D eigenvalue weighted by Gasteiger charge is 2.41. The molecule has 3 aliphatic heterocycles. The van der Waals surface area contributed by atoms with Gasteiger partial charge in [-0.05, 0) is 49.1 Å². The highest BCUT2D eigenvalue weighted by Crippen LogP contribution is 2.37. The highest BCUT2D eigenvalue weighted by molar-refractivity contribution is 5.99. The minimum absolute atomic E-state index is 0.0347. The number of pyridine rings is 1. The second kappa shape index (κ2) is 8.63. The van der Waals surface area contributed by atoms with Crippen LogP contribution in [-0.2, 0) is 14.3 Å². The summed E-state index contributed by atoms with van der Waals surface area (Å²) in [6, 6.07) is 8.97. The van der Waals surface area contributed by atoms with Crippen LogP contribution < -0.4 is 9.80 Å². The molecule has 3 aromatic heterocycles. The maximum Gasteiger partial charge on any atom is 0.256 e. The number of nitrogens with one attached hydrogen (secondary N) is 1. The number of carbonyl (C=O) groups excluding carboxylic acids is 1. The van der Waals surface area contributed by atoms with Crippen LogP contribution in [0.1, 0.15) is 19.8 Å². The molecule has 0 radical (unpaired) electrons. The monoisotopic (exact) mass is 503 g/mol. The summed E-state index contributed by atoms with van der Waals surface area (Å²) in [5.74, 6) is 0.760. The zero-order chi connectivity index (χ0) is 25.1. The van der Waals surface area contributed by atoms with E-state index in [4.69, 9.17) is 14.5 Å². The number of ether oxygens (including phenoxy) is 2. The van der Waals surface area contributed by atoms with E-state index in [0.29, 0.717) is 49.8 Å². The lowest BCUT2D eigenvalue weighted by atomic mass is 10.0. The molecule has 1 amide bonds.